The molecule has 6 heteroatoms. The molecule has 1 aliphatic heterocycles. The van der Waals surface area contributed by atoms with Crippen LogP contribution in [-0.2, 0) is 4.79 Å². The van der Waals surface area contributed by atoms with Crippen molar-refractivity contribution in [3.8, 4) is 11.3 Å². The van der Waals surface area contributed by atoms with E-state index in [4.69, 9.17) is 11.6 Å². The van der Waals surface area contributed by atoms with Crippen LogP contribution in [0.2, 0.25) is 5.02 Å². The number of hydrogen-bond acceptors (Lipinski definition) is 4. The number of anilines is 2. The summed E-state index contributed by atoms with van der Waals surface area (Å²) in [6.45, 7) is 5.64. The molecule has 1 N–H and O–H groups in total. The fourth-order valence-corrected chi connectivity index (χ4v) is 3.87. The molecule has 1 saturated heterocycles. The molecule has 154 valence electrons. The third-order valence-corrected chi connectivity index (χ3v) is 5.88. The molecule has 0 aliphatic carbocycles. The van der Waals surface area contributed by atoms with E-state index in [2.05, 4.69) is 26.5 Å². The van der Waals surface area contributed by atoms with Crippen LogP contribution in [0.3, 0.4) is 0 Å². The average molecular weight is 421 g/mol. The van der Waals surface area contributed by atoms with E-state index in [0.717, 1.165) is 59.8 Å². The number of nitrogens with one attached hydrogen (secondary N) is 1. The van der Waals surface area contributed by atoms with Gasteiger partial charge in [0.2, 0.25) is 5.91 Å². The van der Waals surface area contributed by atoms with Gasteiger partial charge >= 0.3 is 0 Å². The van der Waals surface area contributed by atoms with E-state index in [1.54, 1.807) is 0 Å². The third kappa shape index (κ3) is 4.62. The third-order valence-electron chi connectivity index (χ3n) is 5.63. The summed E-state index contributed by atoms with van der Waals surface area (Å²) in [5, 5.41) is 12.6. The summed E-state index contributed by atoms with van der Waals surface area (Å²) in [4.78, 5) is 14.9. The Kier molecular flexibility index (Phi) is 6.00. The molecule has 1 amide bonds. The molecule has 0 radical (unpaired) electrons. The second-order valence-electron chi connectivity index (χ2n) is 7.85. The topological polar surface area (TPSA) is 58.1 Å². The number of carbonyl (C=O) groups excluding carboxylic acids is 1. The minimum atomic E-state index is 0.0162. The first-order valence-electron chi connectivity index (χ1n) is 10.2. The summed E-state index contributed by atoms with van der Waals surface area (Å²) in [6.07, 6.45) is 1.61. The standard InChI is InChI=1S/C24H25ClN4O/c1-16-3-4-17(2)22(15-16)26-24(30)19-11-13-29(14-12-19)23-10-9-21(27-28-23)18-5-7-20(25)8-6-18/h3-10,15,19H,11-14H2,1-2H3,(H,26,30). The van der Waals surface area contributed by atoms with Crippen molar-refractivity contribution in [2.24, 2.45) is 5.92 Å². The Morgan fingerprint density at radius 2 is 1.73 bits per heavy atom. The van der Waals surface area contributed by atoms with Gasteiger partial charge in [0.25, 0.3) is 0 Å². The number of amides is 1. The number of hydrogen-bond donors (Lipinski definition) is 1. The quantitative estimate of drug-likeness (QED) is 0.624. The Morgan fingerprint density at radius 1 is 1.00 bits per heavy atom. The fourth-order valence-electron chi connectivity index (χ4n) is 3.74. The van der Waals surface area contributed by atoms with Crippen LogP contribution in [-0.4, -0.2) is 29.2 Å². The van der Waals surface area contributed by atoms with Gasteiger partial charge in [-0.05, 0) is 68.1 Å². The van der Waals surface area contributed by atoms with Crippen LogP contribution < -0.4 is 10.2 Å². The zero-order valence-electron chi connectivity index (χ0n) is 17.2. The summed E-state index contributed by atoms with van der Waals surface area (Å²) in [5.41, 5.74) is 4.94. The number of carbonyl (C=O) groups is 1. The van der Waals surface area contributed by atoms with Crippen molar-refractivity contribution >= 4 is 29.0 Å². The van der Waals surface area contributed by atoms with Crippen LogP contribution in [0, 0.1) is 19.8 Å². The molecule has 0 unspecified atom stereocenters. The Hall–Kier alpha value is -2.92. The van der Waals surface area contributed by atoms with Crippen LogP contribution in [0.1, 0.15) is 24.0 Å². The minimum Gasteiger partial charge on any atom is -0.355 e. The van der Waals surface area contributed by atoms with Crippen molar-refractivity contribution in [2.75, 3.05) is 23.3 Å². The number of aryl methyl sites for hydroxylation is 2. The Morgan fingerprint density at radius 3 is 2.40 bits per heavy atom. The molecule has 2 aromatic carbocycles. The van der Waals surface area contributed by atoms with Gasteiger partial charge in [-0.25, -0.2) is 0 Å². The number of benzene rings is 2. The molecular formula is C24H25ClN4O. The fraction of sp³-hybridized carbons (Fsp3) is 0.292. The van der Waals surface area contributed by atoms with Gasteiger partial charge in [0, 0.05) is 35.3 Å². The predicted octanol–water partition coefficient (Wildman–Crippen LogP) is 5.27. The van der Waals surface area contributed by atoms with Gasteiger partial charge in [-0.3, -0.25) is 4.79 Å². The van der Waals surface area contributed by atoms with E-state index in [1.807, 2.05) is 62.4 Å². The maximum Gasteiger partial charge on any atom is 0.227 e. The average Bonchev–Trinajstić information content (AvgIpc) is 2.77. The van der Waals surface area contributed by atoms with Crippen molar-refractivity contribution < 1.29 is 4.79 Å². The Labute approximate surface area is 182 Å². The highest BCUT2D eigenvalue weighted by Crippen LogP contribution is 2.26. The van der Waals surface area contributed by atoms with E-state index < -0.39 is 0 Å². The van der Waals surface area contributed by atoms with Crippen LogP contribution >= 0.6 is 11.6 Å². The zero-order valence-corrected chi connectivity index (χ0v) is 18.0. The molecule has 4 rings (SSSR count). The van der Waals surface area contributed by atoms with Crippen molar-refractivity contribution in [3.05, 3.63) is 70.7 Å². The first-order chi connectivity index (χ1) is 14.5. The lowest BCUT2D eigenvalue weighted by molar-refractivity contribution is -0.120. The highest BCUT2D eigenvalue weighted by Gasteiger charge is 2.26. The number of rotatable bonds is 4. The number of aromatic nitrogens is 2. The lowest BCUT2D eigenvalue weighted by Gasteiger charge is -2.32. The maximum absolute atomic E-state index is 12.7. The SMILES string of the molecule is Cc1ccc(C)c(NC(=O)C2CCN(c3ccc(-c4ccc(Cl)cc4)nn3)CC2)c1. The molecule has 0 bridgehead atoms. The van der Waals surface area contributed by atoms with Crippen molar-refractivity contribution in [3.63, 3.8) is 0 Å². The molecule has 30 heavy (non-hydrogen) atoms. The Bertz CT molecular complexity index is 1030. The van der Waals surface area contributed by atoms with Crippen LogP contribution in [0.4, 0.5) is 11.5 Å². The molecule has 2 heterocycles. The van der Waals surface area contributed by atoms with Gasteiger partial charge in [-0.15, -0.1) is 10.2 Å². The van der Waals surface area contributed by atoms with Crippen molar-refractivity contribution in [2.45, 2.75) is 26.7 Å². The van der Waals surface area contributed by atoms with Crippen molar-refractivity contribution in [1.82, 2.24) is 10.2 Å². The van der Waals surface area contributed by atoms with Gasteiger partial charge in [-0.2, -0.15) is 0 Å². The second-order valence-corrected chi connectivity index (χ2v) is 8.29. The zero-order chi connectivity index (χ0) is 21.1. The van der Waals surface area contributed by atoms with E-state index in [1.165, 1.54) is 0 Å². The minimum absolute atomic E-state index is 0.0162. The van der Waals surface area contributed by atoms with Crippen LogP contribution in [0.25, 0.3) is 11.3 Å². The van der Waals surface area contributed by atoms with Gasteiger partial charge in [-0.1, -0.05) is 35.9 Å². The molecule has 5 nitrogen and oxygen atoms in total. The highest BCUT2D eigenvalue weighted by atomic mass is 35.5. The maximum atomic E-state index is 12.7. The molecule has 0 atom stereocenters. The Balaban J connectivity index is 1.35. The summed E-state index contributed by atoms with van der Waals surface area (Å²) >= 11 is 5.95. The first kappa shape index (κ1) is 20.4. The molecular weight excluding hydrogens is 396 g/mol. The summed E-state index contributed by atoms with van der Waals surface area (Å²) in [6, 6.07) is 17.7. The molecule has 1 aromatic heterocycles. The first-order valence-corrected chi connectivity index (χ1v) is 10.6. The smallest absolute Gasteiger partial charge is 0.227 e. The van der Waals surface area contributed by atoms with Gasteiger partial charge < -0.3 is 10.2 Å². The van der Waals surface area contributed by atoms with E-state index in [0.29, 0.717) is 5.02 Å². The highest BCUT2D eigenvalue weighted by molar-refractivity contribution is 6.30. The molecule has 1 aliphatic rings. The number of halogens is 1. The summed E-state index contributed by atoms with van der Waals surface area (Å²) in [7, 11) is 0. The monoisotopic (exact) mass is 420 g/mol. The molecule has 0 saturated carbocycles. The van der Waals surface area contributed by atoms with Gasteiger partial charge in [0.15, 0.2) is 5.82 Å². The largest absolute Gasteiger partial charge is 0.355 e. The van der Waals surface area contributed by atoms with E-state index >= 15 is 0 Å². The molecule has 1 fully saturated rings. The molecule has 3 aromatic rings. The lowest BCUT2D eigenvalue weighted by Crippen LogP contribution is -2.38. The van der Waals surface area contributed by atoms with Gasteiger partial charge in [0.05, 0.1) is 5.69 Å². The van der Waals surface area contributed by atoms with Gasteiger partial charge in [0.1, 0.15) is 0 Å². The summed E-state index contributed by atoms with van der Waals surface area (Å²) in [5.74, 6) is 0.969. The normalized spacial score (nSPS) is 14.6. The second kappa shape index (κ2) is 8.84. The number of piperidine rings is 1. The number of nitrogens with zero attached hydrogens (tertiary/aromatic N) is 3. The lowest BCUT2D eigenvalue weighted by atomic mass is 9.95. The summed E-state index contributed by atoms with van der Waals surface area (Å²) < 4.78 is 0. The predicted molar refractivity (Wildman–Crippen MR) is 122 cm³/mol. The molecule has 0 spiro atoms. The van der Waals surface area contributed by atoms with E-state index in [9.17, 15) is 4.79 Å². The van der Waals surface area contributed by atoms with Crippen LogP contribution in [0.15, 0.2) is 54.6 Å². The van der Waals surface area contributed by atoms with Crippen molar-refractivity contribution in [1.29, 1.82) is 0 Å². The van der Waals surface area contributed by atoms with E-state index in [-0.39, 0.29) is 11.8 Å². The van der Waals surface area contributed by atoms with Crippen LogP contribution in [0.5, 0.6) is 0 Å².